The van der Waals surface area contributed by atoms with Crippen LogP contribution in [-0.4, -0.2) is 44.5 Å². The van der Waals surface area contributed by atoms with Gasteiger partial charge in [-0.3, -0.25) is 9.58 Å². The van der Waals surface area contributed by atoms with Crippen LogP contribution in [0, 0.1) is 18.3 Å². The van der Waals surface area contributed by atoms with Crippen molar-refractivity contribution in [1.29, 1.82) is 5.26 Å². The largest absolute Gasteiger partial charge is 0.394 e. The highest BCUT2D eigenvalue weighted by molar-refractivity contribution is 5.35. The van der Waals surface area contributed by atoms with Gasteiger partial charge in [-0.1, -0.05) is 0 Å². The minimum atomic E-state index is 0.116. The maximum atomic E-state index is 9.06. The highest BCUT2D eigenvalue weighted by Gasteiger charge is 2.23. The summed E-state index contributed by atoms with van der Waals surface area (Å²) >= 11 is 0. The molecule has 0 aromatic carbocycles. The first kappa shape index (κ1) is 15.8. The first-order chi connectivity index (χ1) is 11.2. The topological polar surface area (TPSA) is 80.9 Å². The zero-order chi connectivity index (χ0) is 16.2. The van der Waals surface area contributed by atoms with Gasteiger partial charge in [-0.05, 0) is 38.4 Å². The fourth-order valence-corrected chi connectivity index (χ4v) is 3.33. The first-order valence-corrected chi connectivity index (χ1v) is 8.14. The fraction of sp³-hybridized carbons (Fsp3) is 0.529. The van der Waals surface area contributed by atoms with E-state index in [1.165, 1.54) is 0 Å². The second-order valence-electron chi connectivity index (χ2n) is 6.25. The number of hydrogen-bond donors (Lipinski definition) is 2. The van der Waals surface area contributed by atoms with E-state index in [4.69, 9.17) is 10.4 Å². The molecule has 1 aliphatic heterocycles. The van der Waals surface area contributed by atoms with Gasteiger partial charge in [-0.25, -0.2) is 0 Å². The van der Waals surface area contributed by atoms with E-state index in [0.29, 0.717) is 12.5 Å². The Labute approximate surface area is 136 Å². The molecule has 0 radical (unpaired) electrons. The maximum absolute atomic E-state index is 9.06. The molecule has 0 amide bonds. The standard InChI is InChI=1S/C17H23N5O/c1-13-15(10-18)9-16(19-13)12-21-5-2-3-14(11-21)17-4-6-22(20-17)7-8-23/h4,6,9,14,19,23H,2-3,5,7-8,11-12H2,1H3. The highest BCUT2D eigenvalue weighted by Crippen LogP contribution is 2.26. The highest BCUT2D eigenvalue weighted by atomic mass is 16.3. The lowest BCUT2D eigenvalue weighted by atomic mass is 9.95. The van der Waals surface area contributed by atoms with Crippen LogP contribution in [0.1, 0.15) is 41.4 Å². The Balaban J connectivity index is 1.64. The first-order valence-electron chi connectivity index (χ1n) is 8.14. The molecule has 3 heterocycles. The van der Waals surface area contributed by atoms with Crippen molar-refractivity contribution in [3.63, 3.8) is 0 Å². The molecule has 1 unspecified atom stereocenters. The summed E-state index contributed by atoms with van der Waals surface area (Å²) < 4.78 is 1.81. The number of piperidine rings is 1. The maximum Gasteiger partial charge on any atom is 0.101 e. The van der Waals surface area contributed by atoms with Gasteiger partial charge in [-0.2, -0.15) is 10.4 Å². The molecule has 0 aliphatic carbocycles. The predicted molar refractivity (Wildman–Crippen MR) is 86.8 cm³/mol. The van der Waals surface area contributed by atoms with Crippen LogP contribution in [0.15, 0.2) is 18.3 Å². The predicted octanol–water partition coefficient (Wildman–Crippen LogP) is 1.76. The number of aliphatic hydroxyl groups is 1. The minimum Gasteiger partial charge on any atom is -0.394 e. The third-order valence-corrected chi connectivity index (χ3v) is 4.50. The van der Waals surface area contributed by atoms with E-state index in [1.807, 2.05) is 23.9 Å². The monoisotopic (exact) mass is 313 g/mol. The fourth-order valence-electron chi connectivity index (χ4n) is 3.33. The van der Waals surface area contributed by atoms with E-state index >= 15 is 0 Å². The van der Waals surface area contributed by atoms with Gasteiger partial charge in [0.25, 0.3) is 0 Å². The van der Waals surface area contributed by atoms with Crippen LogP contribution in [0.25, 0.3) is 0 Å². The second kappa shape index (κ2) is 6.99. The van der Waals surface area contributed by atoms with Crippen molar-refractivity contribution in [1.82, 2.24) is 19.7 Å². The summed E-state index contributed by atoms with van der Waals surface area (Å²) in [5, 5.41) is 22.6. The third kappa shape index (κ3) is 3.63. The van der Waals surface area contributed by atoms with Gasteiger partial charge in [0.2, 0.25) is 0 Å². The van der Waals surface area contributed by atoms with Crippen LogP contribution >= 0.6 is 0 Å². The zero-order valence-electron chi connectivity index (χ0n) is 13.5. The van der Waals surface area contributed by atoms with Crippen molar-refractivity contribution in [2.24, 2.45) is 0 Å². The minimum absolute atomic E-state index is 0.116. The summed E-state index contributed by atoms with van der Waals surface area (Å²) in [6.45, 7) is 5.51. The van der Waals surface area contributed by atoms with E-state index in [-0.39, 0.29) is 6.61 Å². The molecule has 1 aliphatic rings. The zero-order valence-corrected chi connectivity index (χ0v) is 13.5. The molecule has 122 valence electrons. The molecule has 0 spiro atoms. The van der Waals surface area contributed by atoms with E-state index < -0.39 is 0 Å². The smallest absolute Gasteiger partial charge is 0.101 e. The molecule has 2 N–H and O–H groups in total. The van der Waals surface area contributed by atoms with Crippen LogP contribution in [0.4, 0.5) is 0 Å². The number of nitrogens with one attached hydrogen (secondary N) is 1. The Morgan fingerprint density at radius 1 is 1.52 bits per heavy atom. The molecule has 0 bridgehead atoms. The molecule has 1 fully saturated rings. The van der Waals surface area contributed by atoms with Gasteiger partial charge in [0, 0.05) is 36.6 Å². The second-order valence-corrected chi connectivity index (χ2v) is 6.25. The number of aromatic amines is 1. The van der Waals surface area contributed by atoms with E-state index in [0.717, 1.165) is 55.1 Å². The quantitative estimate of drug-likeness (QED) is 0.881. The molecular weight excluding hydrogens is 290 g/mol. The van der Waals surface area contributed by atoms with Crippen LogP contribution in [0.5, 0.6) is 0 Å². The van der Waals surface area contributed by atoms with Crippen molar-refractivity contribution >= 4 is 0 Å². The van der Waals surface area contributed by atoms with Gasteiger partial charge in [0.15, 0.2) is 0 Å². The number of H-pyrrole nitrogens is 1. The summed E-state index contributed by atoms with van der Waals surface area (Å²) in [6, 6.07) is 6.24. The van der Waals surface area contributed by atoms with Crippen LogP contribution in [0.2, 0.25) is 0 Å². The van der Waals surface area contributed by atoms with Crippen LogP contribution in [0.3, 0.4) is 0 Å². The lowest BCUT2D eigenvalue weighted by molar-refractivity contribution is 0.196. The van der Waals surface area contributed by atoms with E-state index in [1.54, 1.807) is 0 Å². The lowest BCUT2D eigenvalue weighted by Crippen LogP contribution is -2.34. The van der Waals surface area contributed by atoms with Crippen molar-refractivity contribution in [2.45, 2.75) is 38.8 Å². The Morgan fingerprint density at radius 2 is 2.39 bits per heavy atom. The molecule has 2 aromatic rings. The summed E-state index contributed by atoms with van der Waals surface area (Å²) in [4.78, 5) is 5.73. The molecule has 0 saturated carbocycles. The molecular formula is C17H23N5O. The molecule has 1 atom stereocenters. The Kier molecular flexibility index (Phi) is 4.79. The van der Waals surface area contributed by atoms with Crippen molar-refractivity contribution in [3.05, 3.63) is 41.0 Å². The number of rotatable bonds is 5. The van der Waals surface area contributed by atoms with Gasteiger partial charge < -0.3 is 10.1 Å². The molecule has 6 heteroatoms. The molecule has 1 saturated heterocycles. The number of aryl methyl sites for hydroxylation is 1. The van der Waals surface area contributed by atoms with Crippen LogP contribution in [-0.2, 0) is 13.1 Å². The van der Waals surface area contributed by atoms with Gasteiger partial charge in [0.1, 0.15) is 6.07 Å². The summed E-state index contributed by atoms with van der Waals surface area (Å²) in [5.41, 5.74) is 3.89. The number of likely N-dealkylation sites (tertiary alicyclic amines) is 1. The Bertz CT molecular complexity index is 696. The van der Waals surface area contributed by atoms with Gasteiger partial charge in [-0.15, -0.1) is 0 Å². The summed E-state index contributed by atoms with van der Waals surface area (Å²) in [7, 11) is 0. The van der Waals surface area contributed by atoms with E-state index in [9.17, 15) is 0 Å². The number of hydrogen-bond acceptors (Lipinski definition) is 4. The normalized spacial score (nSPS) is 18.9. The molecule has 6 nitrogen and oxygen atoms in total. The molecule has 2 aromatic heterocycles. The Hall–Kier alpha value is -2.10. The summed E-state index contributed by atoms with van der Waals surface area (Å²) in [5.74, 6) is 0.440. The summed E-state index contributed by atoms with van der Waals surface area (Å²) in [6.07, 6.45) is 4.25. The average Bonchev–Trinajstić information content (AvgIpc) is 3.14. The molecule has 23 heavy (non-hydrogen) atoms. The molecule has 3 rings (SSSR count). The average molecular weight is 313 g/mol. The van der Waals surface area contributed by atoms with Crippen molar-refractivity contribution in [2.75, 3.05) is 19.7 Å². The van der Waals surface area contributed by atoms with Gasteiger partial charge >= 0.3 is 0 Å². The number of aromatic nitrogens is 3. The van der Waals surface area contributed by atoms with Crippen molar-refractivity contribution in [3.8, 4) is 6.07 Å². The number of aliphatic hydroxyl groups excluding tert-OH is 1. The van der Waals surface area contributed by atoms with Crippen molar-refractivity contribution < 1.29 is 5.11 Å². The third-order valence-electron chi connectivity index (χ3n) is 4.50. The lowest BCUT2D eigenvalue weighted by Gasteiger charge is -2.31. The number of nitrogens with zero attached hydrogens (tertiary/aromatic N) is 4. The number of nitriles is 1. The Morgan fingerprint density at radius 3 is 3.13 bits per heavy atom. The van der Waals surface area contributed by atoms with Gasteiger partial charge in [0.05, 0.1) is 24.4 Å². The van der Waals surface area contributed by atoms with Crippen LogP contribution < -0.4 is 0 Å². The van der Waals surface area contributed by atoms with E-state index in [2.05, 4.69) is 27.1 Å². The SMILES string of the molecule is Cc1[nH]c(CN2CCCC(c3ccn(CCO)n3)C2)cc1C#N.